The summed E-state index contributed by atoms with van der Waals surface area (Å²) in [4.78, 5) is 23.8. The second-order valence-corrected chi connectivity index (χ2v) is 11.6. The van der Waals surface area contributed by atoms with Crippen molar-refractivity contribution in [1.82, 2.24) is 10.6 Å². The normalized spacial score (nSPS) is 22.2. The monoisotopic (exact) mass is 548 g/mol. The van der Waals surface area contributed by atoms with Gasteiger partial charge in [-0.15, -0.1) is 0 Å². The quantitative estimate of drug-likeness (QED) is 0.239. The topological polar surface area (TPSA) is 82.3 Å². The highest BCUT2D eigenvalue weighted by atomic mass is 16.2. The SMILES string of the molecule is CCCCC1CCC(NC(=O)Nc2ccccc2)CC1.CCCCC1CCC(NC(=O)Nc2ccccc2)CC1. The molecule has 0 radical (unpaired) electrons. The van der Waals surface area contributed by atoms with Crippen LogP contribution in [0.5, 0.6) is 0 Å². The Labute approximate surface area is 242 Å². The van der Waals surface area contributed by atoms with Crippen molar-refractivity contribution < 1.29 is 9.59 Å². The number of rotatable bonds is 10. The molecule has 0 aromatic heterocycles. The molecule has 6 heteroatoms. The van der Waals surface area contributed by atoms with Crippen molar-refractivity contribution in [3.05, 3.63) is 60.7 Å². The van der Waals surface area contributed by atoms with Gasteiger partial charge in [0.1, 0.15) is 0 Å². The zero-order valence-electron chi connectivity index (χ0n) is 24.8. The van der Waals surface area contributed by atoms with E-state index in [4.69, 9.17) is 0 Å². The highest BCUT2D eigenvalue weighted by Gasteiger charge is 2.23. The van der Waals surface area contributed by atoms with Crippen LogP contribution < -0.4 is 21.3 Å². The van der Waals surface area contributed by atoms with E-state index < -0.39 is 0 Å². The van der Waals surface area contributed by atoms with Crippen molar-refractivity contribution in [3.8, 4) is 0 Å². The van der Waals surface area contributed by atoms with Crippen molar-refractivity contribution in [2.75, 3.05) is 10.6 Å². The Bertz CT molecular complexity index is 873. The van der Waals surface area contributed by atoms with Crippen LogP contribution in [0.1, 0.15) is 104 Å². The first-order chi connectivity index (χ1) is 19.6. The maximum absolute atomic E-state index is 11.9. The van der Waals surface area contributed by atoms with E-state index in [0.717, 1.165) is 48.9 Å². The maximum atomic E-state index is 11.9. The Morgan fingerprint density at radius 1 is 0.575 bits per heavy atom. The lowest BCUT2D eigenvalue weighted by atomic mass is 9.83. The smallest absolute Gasteiger partial charge is 0.319 e. The molecule has 4 N–H and O–H groups in total. The van der Waals surface area contributed by atoms with E-state index in [-0.39, 0.29) is 12.1 Å². The molecule has 6 nitrogen and oxygen atoms in total. The molecule has 40 heavy (non-hydrogen) atoms. The summed E-state index contributed by atoms with van der Waals surface area (Å²) in [6, 6.07) is 19.7. The zero-order valence-corrected chi connectivity index (χ0v) is 24.8. The summed E-state index contributed by atoms with van der Waals surface area (Å²) in [5.41, 5.74) is 1.70. The highest BCUT2D eigenvalue weighted by Crippen LogP contribution is 2.29. The van der Waals surface area contributed by atoms with Crippen molar-refractivity contribution in [2.24, 2.45) is 11.8 Å². The molecule has 0 aliphatic heterocycles. The minimum Gasteiger partial charge on any atom is -0.335 e. The van der Waals surface area contributed by atoms with Gasteiger partial charge in [0, 0.05) is 23.5 Å². The number of carbonyl (C=O) groups is 2. The van der Waals surface area contributed by atoms with E-state index >= 15 is 0 Å². The van der Waals surface area contributed by atoms with Gasteiger partial charge in [0.15, 0.2) is 0 Å². The number of amides is 4. The fourth-order valence-corrected chi connectivity index (χ4v) is 5.92. The van der Waals surface area contributed by atoms with Gasteiger partial charge in [0.2, 0.25) is 0 Å². The molecular weight excluding hydrogens is 496 g/mol. The molecule has 2 aromatic carbocycles. The Hall–Kier alpha value is -3.02. The predicted molar refractivity (Wildman–Crippen MR) is 168 cm³/mol. The molecule has 2 aliphatic rings. The molecule has 2 saturated carbocycles. The summed E-state index contributed by atoms with van der Waals surface area (Å²) in [5, 5.41) is 12.0. The largest absolute Gasteiger partial charge is 0.335 e. The fraction of sp³-hybridized carbons (Fsp3) is 0.588. The standard InChI is InChI=1S/2C17H26N2O/c2*1-2-3-7-14-10-12-16(13-11-14)19-17(20)18-15-8-5-4-6-9-15/h2*4-6,8-9,14,16H,2-3,7,10-13H2,1H3,(H2,18,19,20). The van der Waals surface area contributed by atoms with E-state index in [2.05, 4.69) is 35.1 Å². The number of nitrogens with one attached hydrogen (secondary N) is 4. The Kier molecular flexibility index (Phi) is 14.5. The number of urea groups is 2. The predicted octanol–water partition coefficient (Wildman–Crippen LogP) is 9.11. The Morgan fingerprint density at radius 3 is 1.25 bits per heavy atom. The van der Waals surface area contributed by atoms with Crippen molar-refractivity contribution >= 4 is 23.4 Å². The van der Waals surface area contributed by atoms with E-state index in [0.29, 0.717) is 12.1 Å². The van der Waals surface area contributed by atoms with Crippen molar-refractivity contribution in [1.29, 1.82) is 0 Å². The summed E-state index contributed by atoms with van der Waals surface area (Å²) in [5.74, 6) is 1.76. The molecule has 0 heterocycles. The number of hydrogen-bond acceptors (Lipinski definition) is 2. The third-order valence-corrected chi connectivity index (χ3v) is 8.36. The van der Waals surface area contributed by atoms with E-state index in [1.807, 2.05) is 60.7 Å². The Morgan fingerprint density at radius 2 is 0.925 bits per heavy atom. The molecule has 2 fully saturated rings. The number of carbonyl (C=O) groups excluding carboxylic acids is 2. The lowest BCUT2D eigenvalue weighted by Crippen LogP contribution is -2.40. The second kappa shape index (κ2) is 18.4. The minimum absolute atomic E-state index is 0.0757. The Balaban J connectivity index is 0.000000220. The molecule has 2 aromatic rings. The lowest BCUT2D eigenvalue weighted by Gasteiger charge is -2.29. The lowest BCUT2D eigenvalue weighted by molar-refractivity contribution is 0.234. The highest BCUT2D eigenvalue weighted by molar-refractivity contribution is 5.89. The summed E-state index contributed by atoms with van der Waals surface area (Å²) in [7, 11) is 0. The maximum Gasteiger partial charge on any atom is 0.319 e. The van der Waals surface area contributed by atoms with Crippen LogP contribution in [0.15, 0.2) is 60.7 Å². The number of para-hydroxylation sites is 2. The van der Waals surface area contributed by atoms with Crippen LogP contribution in [-0.4, -0.2) is 24.1 Å². The average Bonchev–Trinajstić information content (AvgIpc) is 2.98. The second-order valence-electron chi connectivity index (χ2n) is 11.6. The van der Waals surface area contributed by atoms with Gasteiger partial charge in [-0.05, 0) is 87.5 Å². The third-order valence-electron chi connectivity index (χ3n) is 8.36. The van der Waals surface area contributed by atoms with Gasteiger partial charge in [0.05, 0.1) is 0 Å². The molecule has 0 unspecified atom stereocenters. The molecule has 0 spiro atoms. The number of unbranched alkanes of at least 4 members (excludes halogenated alkanes) is 2. The number of benzene rings is 2. The minimum atomic E-state index is -0.0757. The molecule has 0 atom stereocenters. The van der Waals surface area contributed by atoms with Gasteiger partial charge < -0.3 is 21.3 Å². The van der Waals surface area contributed by atoms with Gasteiger partial charge in [0.25, 0.3) is 0 Å². The van der Waals surface area contributed by atoms with Crippen LogP contribution in [-0.2, 0) is 0 Å². The van der Waals surface area contributed by atoms with E-state index in [1.165, 1.54) is 64.2 Å². The first-order valence-electron chi connectivity index (χ1n) is 15.8. The van der Waals surface area contributed by atoms with Gasteiger partial charge in [-0.25, -0.2) is 9.59 Å². The summed E-state index contributed by atoms with van der Waals surface area (Å²) in [6.45, 7) is 4.50. The average molecular weight is 549 g/mol. The van der Waals surface area contributed by atoms with Gasteiger partial charge in [-0.1, -0.05) is 88.8 Å². The molecule has 4 rings (SSSR count). The van der Waals surface area contributed by atoms with E-state index in [9.17, 15) is 9.59 Å². The number of hydrogen-bond donors (Lipinski definition) is 4. The third kappa shape index (κ3) is 12.4. The van der Waals surface area contributed by atoms with Crippen LogP contribution in [0.3, 0.4) is 0 Å². The molecule has 0 bridgehead atoms. The van der Waals surface area contributed by atoms with Crippen LogP contribution in [0.2, 0.25) is 0 Å². The molecule has 0 saturated heterocycles. The van der Waals surface area contributed by atoms with Crippen LogP contribution >= 0.6 is 0 Å². The van der Waals surface area contributed by atoms with Crippen LogP contribution in [0, 0.1) is 11.8 Å². The first-order valence-corrected chi connectivity index (χ1v) is 15.8. The summed E-state index contributed by atoms with van der Waals surface area (Å²) in [6.07, 6.45) is 17.5. The van der Waals surface area contributed by atoms with E-state index in [1.54, 1.807) is 0 Å². The van der Waals surface area contributed by atoms with Crippen LogP contribution in [0.4, 0.5) is 21.0 Å². The van der Waals surface area contributed by atoms with Crippen molar-refractivity contribution in [2.45, 2.75) is 116 Å². The van der Waals surface area contributed by atoms with Gasteiger partial charge >= 0.3 is 12.1 Å². The molecule has 4 amide bonds. The fourth-order valence-electron chi connectivity index (χ4n) is 5.92. The molecule has 2 aliphatic carbocycles. The first kappa shape index (κ1) is 31.5. The van der Waals surface area contributed by atoms with Crippen molar-refractivity contribution in [3.63, 3.8) is 0 Å². The zero-order chi connectivity index (χ0) is 28.4. The molecule has 220 valence electrons. The summed E-state index contributed by atoms with van der Waals surface area (Å²) < 4.78 is 0. The van der Waals surface area contributed by atoms with Gasteiger partial charge in [-0.2, -0.15) is 0 Å². The number of anilines is 2. The summed E-state index contributed by atoms with van der Waals surface area (Å²) >= 11 is 0. The van der Waals surface area contributed by atoms with Crippen LogP contribution in [0.25, 0.3) is 0 Å². The molecular formula is C34H52N4O2. The van der Waals surface area contributed by atoms with Gasteiger partial charge in [-0.3, -0.25) is 0 Å².